The number of carbonyl (C=O) groups is 1. The summed E-state index contributed by atoms with van der Waals surface area (Å²) < 4.78 is 64.6. The molecule has 0 spiro atoms. The summed E-state index contributed by atoms with van der Waals surface area (Å²) >= 11 is 5.84. The van der Waals surface area contributed by atoms with E-state index in [2.05, 4.69) is 0 Å². The largest absolute Gasteiger partial charge is 0.416 e. The van der Waals surface area contributed by atoms with Crippen molar-refractivity contribution in [3.8, 4) is 0 Å². The van der Waals surface area contributed by atoms with Crippen LogP contribution in [0.4, 0.5) is 13.2 Å². The first-order chi connectivity index (χ1) is 14.1. The highest BCUT2D eigenvalue weighted by atomic mass is 35.5. The molecule has 0 radical (unpaired) electrons. The summed E-state index contributed by atoms with van der Waals surface area (Å²) in [6.45, 7) is 0.657. The summed E-state index contributed by atoms with van der Waals surface area (Å²) in [4.78, 5) is 13.8. The Bertz CT molecular complexity index is 985. The summed E-state index contributed by atoms with van der Waals surface area (Å²) in [7, 11) is -3.92. The number of amides is 1. The van der Waals surface area contributed by atoms with E-state index in [1.54, 1.807) is 17.0 Å². The Balaban J connectivity index is 1.56. The molecule has 1 heterocycles. The number of aryl methyl sites for hydroxylation is 1. The average molecular weight is 461 g/mol. The summed E-state index contributed by atoms with van der Waals surface area (Å²) in [6, 6.07) is 10.6. The van der Waals surface area contributed by atoms with Gasteiger partial charge in [0.05, 0.1) is 10.5 Å². The topological polar surface area (TPSA) is 57.7 Å². The molecular formula is C20H20ClF3N2O3S. The zero-order valence-electron chi connectivity index (χ0n) is 15.9. The number of halogens is 4. The van der Waals surface area contributed by atoms with Gasteiger partial charge in [0.2, 0.25) is 15.9 Å². The van der Waals surface area contributed by atoms with Gasteiger partial charge in [-0.1, -0.05) is 23.7 Å². The molecule has 5 nitrogen and oxygen atoms in total. The second kappa shape index (κ2) is 8.95. The second-order valence-corrected chi connectivity index (χ2v) is 9.31. The van der Waals surface area contributed by atoms with E-state index in [1.807, 2.05) is 12.1 Å². The average Bonchev–Trinajstić information content (AvgIpc) is 2.72. The zero-order valence-corrected chi connectivity index (χ0v) is 17.5. The van der Waals surface area contributed by atoms with Crippen molar-refractivity contribution in [1.29, 1.82) is 0 Å². The van der Waals surface area contributed by atoms with E-state index in [4.69, 9.17) is 11.6 Å². The Labute approximate surface area is 178 Å². The first kappa shape index (κ1) is 22.6. The fraction of sp³-hybridized carbons (Fsp3) is 0.350. The summed E-state index contributed by atoms with van der Waals surface area (Å²) in [5, 5.41) is 0.621. The smallest absolute Gasteiger partial charge is 0.340 e. The van der Waals surface area contributed by atoms with Gasteiger partial charge in [-0.05, 0) is 48.4 Å². The quantitative estimate of drug-likeness (QED) is 0.681. The number of sulfonamides is 1. The molecule has 0 atom stereocenters. The van der Waals surface area contributed by atoms with Gasteiger partial charge in [-0.3, -0.25) is 4.79 Å². The fourth-order valence-electron chi connectivity index (χ4n) is 3.20. The Morgan fingerprint density at radius 3 is 2.03 bits per heavy atom. The SMILES string of the molecule is O=C(CCc1ccc(Cl)cc1)N1CCN(S(=O)(=O)c2ccc(C(F)(F)F)cc2)CC1. The Kier molecular flexibility index (Phi) is 6.74. The van der Waals surface area contributed by atoms with E-state index in [0.29, 0.717) is 17.9 Å². The van der Waals surface area contributed by atoms with Gasteiger partial charge < -0.3 is 4.90 Å². The minimum atomic E-state index is -4.53. The lowest BCUT2D eigenvalue weighted by molar-refractivity contribution is -0.137. The number of piperazine rings is 1. The predicted octanol–water partition coefficient (Wildman–Crippen LogP) is 3.82. The van der Waals surface area contributed by atoms with E-state index in [9.17, 15) is 26.4 Å². The van der Waals surface area contributed by atoms with E-state index in [1.165, 1.54) is 4.31 Å². The normalized spacial score (nSPS) is 15.9. The second-order valence-electron chi connectivity index (χ2n) is 6.93. The molecule has 162 valence electrons. The fourth-order valence-corrected chi connectivity index (χ4v) is 4.75. The maximum Gasteiger partial charge on any atom is 0.416 e. The van der Waals surface area contributed by atoms with Crippen LogP contribution in [0.2, 0.25) is 5.02 Å². The van der Waals surface area contributed by atoms with Crippen molar-refractivity contribution in [3.63, 3.8) is 0 Å². The molecule has 2 aromatic carbocycles. The molecule has 1 aliphatic rings. The minimum Gasteiger partial charge on any atom is -0.340 e. The highest BCUT2D eigenvalue weighted by Crippen LogP contribution is 2.30. The van der Waals surface area contributed by atoms with Crippen molar-refractivity contribution in [3.05, 3.63) is 64.7 Å². The molecule has 3 rings (SSSR count). The number of alkyl halides is 3. The molecule has 0 bridgehead atoms. The lowest BCUT2D eigenvalue weighted by atomic mass is 10.1. The van der Waals surface area contributed by atoms with E-state index in [0.717, 1.165) is 29.8 Å². The monoisotopic (exact) mass is 460 g/mol. The third kappa shape index (κ3) is 5.33. The molecule has 0 saturated carbocycles. The van der Waals surface area contributed by atoms with Crippen LogP contribution in [0.1, 0.15) is 17.5 Å². The van der Waals surface area contributed by atoms with Crippen molar-refractivity contribution in [2.75, 3.05) is 26.2 Å². The van der Waals surface area contributed by atoms with Gasteiger partial charge in [0.25, 0.3) is 0 Å². The van der Waals surface area contributed by atoms with Crippen LogP contribution >= 0.6 is 11.6 Å². The number of rotatable bonds is 5. The maximum atomic E-state index is 12.7. The standard InChI is InChI=1S/C20H20ClF3N2O3S/c21-17-6-1-15(2-7-17)3-10-19(27)25-11-13-26(14-12-25)30(28,29)18-8-4-16(5-9-18)20(22,23)24/h1-2,4-9H,3,10-14H2. The van der Waals surface area contributed by atoms with Crippen molar-refractivity contribution in [2.24, 2.45) is 0 Å². The van der Waals surface area contributed by atoms with Crippen LogP contribution in [0.15, 0.2) is 53.4 Å². The maximum absolute atomic E-state index is 12.7. The molecule has 2 aromatic rings. The van der Waals surface area contributed by atoms with Gasteiger partial charge >= 0.3 is 6.18 Å². The van der Waals surface area contributed by atoms with Gasteiger partial charge in [-0.2, -0.15) is 17.5 Å². The van der Waals surface area contributed by atoms with Gasteiger partial charge in [0, 0.05) is 37.6 Å². The summed E-state index contributed by atoms with van der Waals surface area (Å²) in [5.74, 6) is -0.0727. The van der Waals surface area contributed by atoms with Crippen LogP contribution in [0.25, 0.3) is 0 Å². The van der Waals surface area contributed by atoms with Crippen molar-refractivity contribution < 1.29 is 26.4 Å². The molecular weight excluding hydrogens is 441 g/mol. The molecule has 10 heteroatoms. The Morgan fingerprint density at radius 1 is 0.933 bits per heavy atom. The molecule has 1 amide bonds. The van der Waals surface area contributed by atoms with Crippen LogP contribution in [0.3, 0.4) is 0 Å². The molecule has 0 N–H and O–H groups in total. The van der Waals surface area contributed by atoms with Crippen LogP contribution in [0, 0.1) is 0 Å². The summed E-state index contributed by atoms with van der Waals surface area (Å²) in [6.07, 6.45) is -3.67. The van der Waals surface area contributed by atoms with Crippen molar-refractivity contribution in [1.82, 2.24) is 9.21 Å². The van der Waals surface area contributed by atoms with Crippen molar-refractivity contribution in [2.45, 2.75) is 23.9 Å². The van der Waals surface area contributed by atoms with Gasteiger partial charge in [0.15, 0.2) is 0 Å². The van der Waals surface area contributed by atoms with Crippen molar-refractivity contribution >= 4 is 27.5 Å². The first-order valence-electron chi connectivity index (χ1n) is 9.27. The first-order valence-corrected chi connectivity index (χ1v) is 11.1. The summed E-state index contributed by atoms with van der Waals surface area (Å²) in [5.41, 5.74) is 0.0776. The van der Waals surface area contributed by atoms with E-state index in [-0.39, 0.29) is 37.0 Å². The molecule has 1 aliphatic heterocycles. The molecule has 0 unspecified atom stereocenters. The van der Waals surface area contributed by atoms with E-state index < -0.39 is 21.8 Å². The van der Waals surface area contributed by atoms with Gasteiger partial charge in [-0.25, -0.2) is 8.42 Å². The lowest BCUT2D eigenvalue weighted by Crippen LogP contribution is -2.50. The third-order valence-corrected chi connectivity index (χ3v) is 7.12. The zero-order chi connectivity index (χ0) is 21.9. The Hall–Kier alpha value is -2.10. The molecule has 1 saturated heterocycles. The van der Waals surface area contributed by atoms with Crippen LogP contribution < -0.4 is 0 Å². The number of nitrogens with zero attached hydrogens (tertiary/aromatic N) is 2. The lowest BCUT2D eigenvalue weighted by Gasteiger charge is -2.34. The van der Waals surface area contributed by atoms with Gasteiger partial charge in [0.1, 0.15) is 0 Å². The predicted molar refractivity (Wildman–Crippen MR) is 107 cm³/mol. The van der Waals surface area contributed by atoms with Gasteiger partial charge in [-0.15, -0.1) is 0 Å². The Morgan fingerprint density at radius 2 is 1.50 bits per heavy atom. The van der Waals surface area contributed by atoms with Crippen LogP contribution in [0.5, 0.6) is 0 Å². The molecule has 0 aliphatic carbocycles. The van der Waals surface area contributed by atoms with Crippen LogP contribution in [-0.2, 0) is 27.4 Å². The molecule has 1 fully saturated rings. The molecule has 30 heavy (non-hydrogen) atoms. The number of hydrogen-bond acceptors (Lipinski definition) is 3. The number of carbonyl (C=O) groups excluding carboxylic acids is 1. The van der Waals surface area contributed by atoms with Crippen LogP contribution in [-0.4, -0.2) is 49.7 Å². The number of benzene rings is 2. The molecule has 0 aromatic heterocycles. The number of hydrogen-bond donors (Lipinski definition) is 0. The highest BCUT2D eigenvalue weighted by Gasteiger charge is 2.33. The van der Waals surface area contributed by atoms with E-state index >= 15 is 0 Å². The third-order valence-electron chi connectivity index (χ3n) is 4.95. The minimum absolute atomic E-state index is 0.0727. The highest BCUT2D eigenvalue weighted by molar-refractivity contribution is 7.89.